The summed E-state index contributed by atoms with van der Waals surface area (Å²) in [5, 5.41) is 10.1. The predicted octanol–water partition coefficient (Wildman–Crippen LogP) is 4.66. The number of nitrogens with zero attached hydrogens (tertiary/aromatic N) is 1. The number of aromatic carboxylic acids is 1. The summed E-state index contributed by atoms with van der Waals surface area (Å²) in [6.07, 6.45) is 0. The van der Waals surface area contributed by atoms with Gasteiger partial charge in [0.25, 0.3) is 0 Å². The zero-order valence-electron chi connectivity index (χ0n) is 14.2. The zero-order chi connectivity index (χ0) is 18.1. The Kier molecular flexibility index (Phi) is 3.97. The van der Waals surface area contributed by atoms with Gasteiger partial charge in [-0.1, -0.05) is 30.3 Å². The standard InChI is InChI=1S/C21H17NO4/c1-25-16-7-9-18-15(11-16)12-19(14-5-3-2-4-6-14)22(18)13-17-8-10-20(26-17)21(23)24/h2-12H,13H2,1H3,(H,23,24). The fraction of sp³-hybridized carbons (Fsp3) is 0.0952. The molecule has 0 aliphatic rings. The molecule has 0 saturated heterocycles. The minimum Gasteiger partial charge on any atom is -0.497 e. The Hall–Kier alpha value is -3.47. The monoisotopic (exact) mass is 347 g/mol. The Morgan fingerprint density at radius 3 is 2.58 bits per heavy atom. The topological polar surface area (TPSA) is 64.6 Å². The molecule has 4 aromatic rings. The predicted molar refractivity (Wildman–Crippen MR) is 98.7 cm³/mol. The first-order valence-corrected chi connectivity index (χ1v) is 8.20. The van der Waals surface area contributed by atoms with Crippen molar-refractivity contribution in [1.29, 1.82) is 0 Å². The lowest BCUT2D eigenvalue weighted by molar-refractivity contribution is 0.0660. The van der Waals surface area contributed by atoms with Gasteiger partial charge < -0.3 is 18.8 Å². The van der Waals surface area contributed by atoms with Crippen LogP contribution < -0.4 is 4.74 Å². The highest BCUT2D eigenvalue weighted by atomic mass is 16.5. The lowest BCUT2D eigenvalue weighted by atomic mass is 10.1. The van der Waals surface area contributed by atoms with Crippen LogP contribution in [0, 0.1) is 0 Å². The smallest absolute Gasteiger partial charge is 0.371 e. The first-order valence-electron chi connectivity index (χ1n) is 8.20. The van der Waals surface area contributed by atoms with E-state index >= 15 is 0 Å². The van der Waals surface area contributed by atoms with Crippen molar-refractivity contribution in [3.8, 4) is 17.0 Å². The van der Waals surface area contributed by atoms with Crippen LogP contribution in [0.5, 0.6) is 5.75 Å². The van der Waals surface area contributed by atoms with Crippen LogP contribution in [0.2, 0.25) is 0 Å². The summed E-state index contributed by atoms with van der Waals surface area (Å²) in [6, 6.07) is 21.3. The normalized spacial score (nSPS) is 11.0. The van der Waals surface area contributed by atoms with Gasteiger partial charge >= 0.3 is 5.97 Å². The Morgan fingerprint density at radius 2 is 1.88 bits per heavy atom. The third-order valence-electron chi connectivity index (χ3n) is 4.36. The van der Waals surface area contributed by atoms with E-state index in [0.29, 0.717) is 12.3 Å². The molecular formula is C21H17NO4. The molecule has 130 valence electrons. The van der Waals surface area contributed by atoms with Gasteiger partial charge in [-0.05, 0) is 42.0 Å². The highest BCUT2D eigenvalue weighted by molar-refractivity contribution is 5.88. The molecule has 0 aliphatic heterocycles. The van der Waals surface area contributed by atoms with Gasteiger partial charge in [0.05, 0.1) is 13.7 Å². The highest BCUT2D eigenvalue weighted by Crippen LogP contribution is 2.31. The van der Waals surface area contributed by atoms with E-state index in [9.17, 15) is 4.79 Å². The molecule has 5 nitrogen and oxygen atoms in total. The number of carbonyl (C=O) groups is 1. The molecule has 0 saturated carbocycles. The van der Waals surface area contributed by atoms with Gasteiger partial charge in [-0.2, -0.15) is 0 Å². The Labute approximate surface area is 150 Å². The van der Waals surface area contributed by atoms with E-state index in [-0.39, 0.29) is 5.76 Å². The molecule has 2 heterocycles. The highest BCUT2D eigenvalue weighted by Gasteiger charge is 2.15. The van der Waals surface area contributed by atoms with Crippen molar-refractivity contribution < 1.29 is 19.1 Å². The molecular weight excluding hydrogens is 330 g/mol. The van der Waals surface area contributed by atoms with Crippen molar-refractivity contribution in [3.63, 3.8) is 0 Å². The maximum absolute atomic E-state index is 11.1. The van der Waals surface area contributed by atoms with E-state index < -0.39 is 5.97 Å². The van der Waals surface area contributed by atoms with Gasteiger partial charge in [0.2, 0.25) is 5.76 Å². The number of aromatic nitrogens is 1. The van der Waals surface area contributed by atoms with Crippen molar-refractivity contribution in [1.82, 2.24) is 4.57 Å². The molecule has 0 radical (unpaired) electrons. The molecule has 0 bridgehead atoms. The summed E-state index contributed by atoms with van der Waals surface area (Å²) in [5.74, 6) is 0.259. The van der Waals surface area contributed by atoms with Crippen LogP contribution in [0.25, 0.3) is 22.2 Å². The lowest BCUT2D eigenvalue weighted by Gasteiger charge is -2.10. The van der Waals surface area contributed by atoms with Crippen molar-refractivity contribution in [2.45, 2.75) is 6.54 Å². The van der Waals surface area contributed by atoms with Gasteiger partial charge in [0.15, 0.2) is 0 Å². The average Bonchev–Trinajstić information content (AvgIpc) is 3.27. The number of furan rings is 1. The number of ether oxygens (including phenoxy) is 1. The van der Waals surface area contributed by atoms with Crippen LogP contribution in [0.15, 0.2) is 71.1 Å². The number of methoxy groups -OCH3 is 1. The molecule has 0 aliphatic carbocycles. The molecule has 0 amide bonds. The second kappa shape index (κ2) is 6.44. The van der Waals surface area contributed by atoms with E-state index in [4.69, 9.17) is 14.3 Å². The molecule has 0 atom stereocenters. The van der Waals surface area contributed by atoms with Gasteiger partial charge in [0, 0.05) is 16.6 Å². The Morgan fingerprint density at radius 1 is 1.08 bits per heavy atom. The van der Waals surface area contributed by atoms with Gasteiger partial charge in [0.1, 0.15) is 11.5 Å². The number of hydrogen-bond donors (Lipinski definition) is 1. The summed E-state index contributed by atoms with van der Waals surface area (Å²) in [5.41, 5.74) is 3.13. The minimum atomic E-state index is -1.07. The summed E-state index contributed by atoms with van der Waals surface area (Å²) in [6.45, 7) is 0.438. The van der Waals surface area contributed by atoms with Crippen LogP contribution in [0.4, 0.5) is 0 Å². The van der Waals surface area contributed by atoms with E-state index in [1.165, 1.54) is 6.07 Å². The van der Waals surface area contributed by atoms with Gasteiger partial charge in [-0.25, -0.2) is 4.79 Å². The van der Waals surface area contributed by atoms with E-state index in [1.807, 2.05) is 48.5 Å². The maximum atomic E-state index is 11.1. The number of fused-ring (bicyclic) bond motifs is 1. The molecule has 2 aromatic heterocycles. The summed E-state index contributed by atoms with van der Waals surface area (Å²) >= 11 is 0. The minimum absolute atomic E-state index is 0.0561. The number of carboxylic acids is 1. The molecule has 0 unspecified atom stereocenters. The average molecular weight is 347 g/mol. The van der Waals surface area contributed by atoms with E-state index in [1.54, 1.807) is 13.2 Å². The molecule has 0 spiro atoms. The molecule has 4 rings (SSSR count). The van der Waals surface area contributed by atoms with Crippen LogP contribution in [-0.2, 0) is 6.54 Å². The Bertz CT molecular complexity index is 1080. The van der Waals surface area contributed by atoms with Crippen LogP contribution in [-0.4, -0.2) is 22.8 Å². The fourth-order valence-corrected chi connectivity index (χ4v) is 3.13. The molecule has 1 N–H and O–H groups in total. The molecule has 5 heteroatoms. The third kappa shape index (κ3) is 2.84. The van der Waals surface area contributed by atoms with Gasteiger partial charge in [-0.3, -0.25) is 0 Å². The number of carboxylic acid groups (broad SMARTS) is 1. The zero-order valence-corrected chi connectivity index (χ0v) is 14.2. The van der Waals surface area contributed by atoms with E-state index in [2.05, 4.69) is 10.6 Å². The number of benzene rings is 2. The first-order chi connectivity index (χ1) is 12.7. The SMILES string of the molecule is COc1ccc2c(c1)cc(-c1ccccc1)n2Cc1ccc(C(=O)O)o1. The largest absolute Gasteiger partial charge is 0.497 e. The summed E-state index contributed by atoms with van der Waals surface area (Å²) in [4.78, 5) is 11.1. The fourth-order valence-electron chi connectivity index (χ4n) is 3.13. The molecule has 0 fully saturated rings. The van der Waals surface area contributed by atoms with Crippen molar-refractivity contribution in [3.05, 3.63) is 78.3 Å². The maximum Gasteiger partial charge on any atom is 0.371 e. The summed E-state index contributed by atoms with van der Waals surface area (Å²) < 4.78 is 12.9. The van der Waals surface area contributed by atoms with Crippen molar-refractivity contribution in [2.75, 3.05) is 7.11 Å². The first kappa shape index (κ1) is 16.0. The van der Waals surface area contributed by atoms with E-state index in [0.717, 1.165) is 27.9 Å². The van der Waals surface area contributed by atoms with Crippen molar-refractivity contribution >= 4 is 16.9 Å². The van der Waals surface area contributed by atoms with Crippen molar-refractivity contribution in [2.24, 2.45) is 0 Å². The number of rotatable bonds is 5. The lowest BCUT2D eigenvalue weighted by Crippen LogP contribution is -2.01. The van der Waals surface area contributed by atoms with Crippen LogP contribution in [0.1, 0.15) is 16.3 Å². The molecule has 26 heavy (non-hydrogen) atoms. The molecule has 2 aromatic carbocycles. The third-order valence-corrected chi connectivity index (χ3v) is 4.36. The number of hydrogen-bond acceptors (Lipinski definition) is 3. The second-order valence-electron chi connectivity index (χ2n) is 5.98. The van der Waals surface area contributed by atoms with Gasteiger partial charge in [-0.15, -0.1) is 0 Å². The summed E-state index contributed by atoms with van der Waals surface area (Å²) in [7, 11) is 1.65. The van der Waals surface area contributed by atoms with Crippen LogP contribution in [0.3, 0.4) is 0 Å². The second-order valence-corrected chi connectivity index (χ2v) is 5.98. The Balaban J connectivity index is 1.85. The van der Waals surface area contributed by atoms with Crippen LogP contribution >= 0.6 is 0 Å². The quantitative estimate of drug-likeness (QED) is 0.570.